The summed E-state index contributed by atoms with van der Waals surface area (Å²) in [7, 11) is -2.34. The van der Waals surface area contributed by atoms with Crippen molar-refractivity contribution in [1.82, 2.24) is 24.3 Å². The lowest BCUT2D eigenvalue weighted by atomic mass is 10.4. The molecule has 0 radical (unpaired) electrons. The molecular weight excluding hydrogens is 384 g/mol. The van der Waals surface area contributed by atoms with Gasteiger partial charge in [-0.3, -0.25) is 9.00 Å². The van der Waals surface area contributed by atoms with Crippen LogP contribution in [0.25, 0.3) is 16.9 Å². The number of allylic oxidation sites excluding steroid dienone is 1. The minimum absolute atomic E-state index is 0.204. The third-order valence-corrected chi connectivity index (χ3v) is 7.72. The molecule has 0 amide bonds. The molecule has 0 bridgehead atoms. The average Bonchev–Trinajstić information content (AvgIpc) is 2.92. The van der Waals surface area contributed by atoms with Gasteiger partial charge in [-0.25, -0.2) is 24.3 Å². The quantitative estimate of drug-likeness (QED) is 0.281. The highest BCUT2D eigenvalue weighted by Gasteiger charge is 2.24. The Kier molecular flexibility index (Phi) is 4.60. The lowest BCUT2D eigenvalue weighted by Crippen LogP contribution is -2.39. The van der Waals surface area contributed by atoms with Gasteiger partial charge in [0.1, 0.15) is 11.2 Å². The van der Waals surface area contributed by atoms with E-state index in [9.17, 15) is 9.00 Å². The first-order valence-electron chi connectivity index (χ1n) is 8.52. The predicted molar refractivity (Wildman–Crippen MR) is 110 cm³/mol. The van der Waals surface area contributed by atoms with Crippen LogP contribution < -0.4 is 10.3 Å². The van der Waals surface area contributed by atoms with Gasteiger partial charge in [0.15, 0.2) is 16.6 Å². The average molecular weight is 405 g/mol. The van der Waals surface area contributed by atoms with Crippen molar-refractivity contribution in [2.24, 2.45) is 0 Å². The molecule has 1 saturated heterocycles. The third-order valence-electron chi connectivity index (χ3n) is 4.45. The number of pyridine rings is 1. The van der Waals surface area contributed by atoms with Crippen molar-refractivity contribution in [3.63, 3.8) is 0 Å². The van der Waals surface area contributed by atoms with Gasteiger partial charge in [0.2, 0.25) is 0 Å². The van der Waals surface area contributed by atoms with E-state index in [-0.39, 0.29) is 5.56 Å². The van der Waals surface area contributed by atoms with Gasteiger partial charge in [0, 0.05) is 17.7 Å². The molecule has 1 fully saturated rings. The molecule has 1 aliphatic heterocycles. The number of rotatable bonds is 6. The van der Waals surface area contributed by atoms with Gasteiger partial charge in [-0.15, -0.1) is 6.58 Å². The number of nitrogens with zero attached hydrogens (tertiary/aromatic N) is 5. The third kappa shape index (κ3) is 3.19. The molecule has 0 aromatic carbocycles. The maximum atomic E-state index is 12.8. The summed E-state index contributed by atoms with van der Waals surface area (Å²) in [6.07, 6.45) is 6.04. The zero-order chi connectivity index (χ0) is 19.0. The Morgan fingerprint density at radius 2 is 2.19 bits per heavy atom. The maximum absolute atomic E-state index is 12.8. The van der Waals surface area contributed by atoms with Crippen LogP contribution in [0.15, 0.2) is 47.0 Å². The number of thiol groups is 1. The van der Waals surface area contributed by atoms with Crippen LogP contribution in [0.2, 0.25) is 0 Å². The fourth-order valence-corrected chi connectivity index (χ4v) is 4.99. The second-order valence-corrected chi connectivity index (χ2v) is 9.93. The van der Waals surface area contributed by atoms with Crippen LogP contribution in [0.5, 0.6) is 0 Å². The molecule has 0 unspecified atom stereocenters. The highest BCUT2D eigenvalue weighted by Crippen LogP contribution is 2.23. The summed E-state index contributed by atoms with van der Waals surface area (Å²) in [5.41, 5.74) is 0.283. The first kappa shape index (κ1) is 17.9. The lowest BCUT2D eigenvalue weighted by Gasteiger charge is -2.33. The molecule has 4 heterocycles. The Hall–Kier alpha value is -2.46. The highest BCUT2D eigenvalue weighted by atomic mass is 32.3. The topological polar surface area (TPSA) is 94.7 Å². The van der Waals surface area contributed by atoms with Crippen LogP contribution in [0.4, 0.5) is 5.82 Å². The smallest absolute Gasteiger partial charge is 0.278 e. The van der Waals surface area contributed by atoms with E-state index in [1.807, 2.05) is 12.3 Å². The summed E-state index contributed by atoms with van der Waals surface area (Å²) in [6, 6.07) is 5.40. The maximum Gasteiger partial charge on any atom is 0.278 e. The first-order valence-corrected chi connectivity index (χ1v) is 11.8. The number of nitrogens with one attached hydrogen (secondary N) is 1. The van der Waals surface area contributed by atoms with Crippen LogP contribution in [-0.2, 0) is 16.7 Å². The number of anilines is 1. The van der Waals surface area contributed by atoms with Gasteiger partial charge in [-0.2, -0.15) is 0 Å². The van der Waals surface area contributed by atoms with E-state index in [4.69, 9.17) is 0 Å². The zero-order valence-electron chi connectivity index (χ0n) is 14.8. The summed E-state index contributed by atoms with van der Waals surface area (Å²) >= 11 is 1.40. The Balaban J connectivity index is 1.89. The molecule has 0 aliphatic carbocycles. The molecular formula is C17H20N6O2S2. The molecule has 10 heteroatoms. The van der Waals surface area contributed by atoms with Crippen LogP contribution in [0, 0.1) is 0 Å². The van der Waals surface area contributed by atoms with Crippen LogP contribution >= 0.6 is 11.8 Å². The molecule has 4 rings (SSSR count). The fourth-order valence-electron chi connectivity index (χ4n) is 3.00. The van der Waals surface area contributed by atoms with Gasteiger partial charge < -0.3 is 4.72 Å². The lowest BCUT2D eigenvalue weighted by molar-refractivity contribution is 0.596. The molecule has 1 aliphatic rings. The van der Waals surface area contributed by atoms with Gasteiger partial charge in [-0.05, 0) is 34.9 Å². The van der Waals surface area contributed by atoms with Crippen LogP contribution in [0.3, 0.4) is 0 Å². The van der Waals surface area contributed by atoms with Crippen molar-refractivity contribution in [3.05, 3.63) is 47.4 Å². The van der Waals surface area contributed by atoms with Crippen molar-refractivity contribution in [3.8, 4) is 5.82 Å². The molecule has 27 heavy (non-hydrogen) atoms. The standard InChI is InChI=1S/C17H20N6O2S2/c1-3-8-22-16(24)12-11-18-17(26-2)20-15(12)23(22)14-7-4-6-13(19-14)21-27(25)9-5-10-27/h3-4,6-7,11,27H,1,5,8-10H2,2H3,(H,19,21,25). The highest BCUT2D eigenvalue weighted by molar-refractivity contribution is 8.05. The Morgan fingerprint density at radius 1 is 1.37 bits per heavy atom. The molecule has 3 aromatic heterocycles. The summed E-state index contributed by atoms with van der Waals surface area (Å²) in [4.78, 5) is 26.1. The second kappa shape index (κ2) is 6.93. The van der Waals surface area contributed by atoms with E-state index in [1.165, 1.54) is 16.4 Å². The molecule has 0 atom stereocenters. The van der Waals surface area contributed by atoms with Crippen LogP contribution in [0.1, 0.15) is 6.42 Å². The molecule has 1 N–H and O–H groups in total. The summed E-state index contributed by atoms with van der Waals surface area (Å²) in [5.74, 6) is 2.44. The van der Waals surface area contributed by atoms with E-state index in [1.54, 1.807) is 29.1 Å². The summed E-state index contributed by atoms with van der Waals surface area (Å²) in [6.45, 7) is 4.04. The first-order chi connectivity index (χ1) is 13.0. The van der Waals surface area contributed by atoms with Gasteiger partial charge in [0.05, 0.1) is 6.54 Å². The minimum atomic E-state index is -2.34. The SMILES string of the molecule is C=CCn1c(=O)c2cnc(SC)nc2n1-c1cccc(N[SH]2(=O)CCC2)n1. The van der Waals surface area contributed by atoms with E-state index >= 15 is 0 Å². The van der Waals surface area contributed by atoms with Crippen molar-refractivity contribution in [2.45, 2.75) is 18.1 Å². The normalized spacial score (nSPS) is 16.6. The number of aromatic nitrogens is 5. The number of thioether (sulfide) groups is 1. The van der Waals surface area contributed by atoms with Crippen molar-refractivity contribution in [2.75, 3.05) is 22.5 Å². The minimum Gasteiger partial charge on any atom is -0.311 e. The second-order valence-electron chi connectivity index (χ2n) is 6.26. The molecule has 0 saturated carbocycles. The number of hydrogen-bond donors (Lipinski definition) is 2. The van der Waals surface area contributed by atoms with Gasteiger partial charge in [0.25, 0.3) is 5.56 Å². The Bertz CT molecular complexity index is 1130. The van der Waals surface area contributed by atoms with E-state index in [0.717, 1.165) is 6.42 Å². The number of hydrogen-bond acceptors (Lipinski definition) is 6. The van der Waals surface area contributed by atoms with E-state index < -0.39 is 10.1 Å². The summed E-state index contributed by atoms with van der Waals surface area (Å²) in [5, 5.41) is 0.988. The number of fused-ring (bicyclic) bond motifs is 1. The van der Waals surface area contributed by atoms with Crippen LogP contribution in [-0.4, -0.2) is 46.3 Å². The van der Waals surface area contributed by atoms with E-state index in [2.05, 4.69) is 26.3 Å². The largest absolute Gasteiger partial charge is 0.311 e. The van der Waals surface area contributed by atoms with Gasteiger partial charge >= 0.3 is 0 Å². The zero-order valence-corrected chi connectivity index (χ0v) is 16.5. The molecule has 3 aromatic rings. The fraction of sp³-hybridized carbons (Fsp3) is 0.294. The molecule has 8 nitrogen and oxygen atoms in total. The van der Waals surface area contributed by atoms with Crippen molar-refractivity contribution >= 4 is 38.7 Å². The molecule has 0 spiro atoms. The Morgan fingerprint density at radius 3 is 2.85 bits per heavy atom. The molecule has 142 valence electrons. The summed E-state index contributed by atoms with van der Waals surface area (Å²) < 4.78 is 18.8. The van der Waals surface area contributed by atoms with Crippen molar-refractivity contribution < 1.29 is 4.21 Å². The predicted octanol–water partition coefficient (Wildman–Crippen LogP) is 1.63. The Labute approximate surface area is 161 Å². The van der Waals surface area contributed by atoms with E-state index in [0.29, 0.717) is 45.9 Å². The van der Waals surface area contributed by atoms with Gasteiger partial charge in [-0.1, -0.05) is 23.9 Å². The monoisotopic (exact) mass is 404 g/mol. The van der Waals surface area contributed by atoms with Crippen molar-refractivity contribution in [1.29, 1.82) is 0 Å².